The summed E-state index contributed by atoms with van der Waals surface area (Å²) in [4.78, 5) is 28.3. The number of para-hydroxylation sites is 1. The van der Waals surface area contributed by atoms with Crippen LogP contribution in [-0.4, -0.2) is 28.5 Å². The van der Waals surface area contributed by atoms with Gasteiger partial charge in [0, 0.05) is 18.1 Å². The fraction of sp³-hybridized carbons (Fsp3) is 0.421. The zero-order chi connectivity index (χ0) is 17.0. The predicted molar refractivity (Wildman–Crippen MR) is 91.6 cm³/mol. The number of carboxylic acid groups (broad SMARTS) is 1. The van der Waals surface area contributed by atoms with Crippen LogP contribution in [0.25, 0.3) is 10.9 Å². The Balaban J connectivity index is 1.68. The lowest BCUT2D eigenvalue weighted by atomic mass is 9.74. The highest BCUT2D eigenvalue weighted by Crippen LogP contribution is 2.36. The molecule has 1 aromatic heterocycles. The average molecular weight is 326 g/mol. The molecule has 1 aromatic carbocycles. The lowest BCUT2D eigenvalue weighted by Gasteiger charge is -2.33. The van der Waals surface area contributed by atoms with Gasteiger partial charge in [0.1, 0.15) is 0 Å². The molecule has 1 aliphatic carbocycles. The summed E-state index contributed by atoms with van der Waals surface area (Å²) >= 11 is 0. The van der Waals surface area contributed by atoms with Gasteiger partial charge in [-0.1, -0.05) is 43.5 Å². The molecule has 126 valence electrons. The third kappa shape index (κ3) is 3.40. The smallest absolute Gasteiger partial charge is 0.311 e. The number of hydrogen-bond donors (Lipinski definition) is 2. The Morgan fingerprint density at radius 1 is 1.12 bits per heavy atom. The van der Waals surface area contributed by atoms with Crippen molar-refractivity contribution in [2.24, 2.45) is 5.41 Å². The van der Waals surface area contributed by atoms with E-state index in [4.69, 9.17) is 0 Å². The minimum absolute atomic E-state index is 0.153. The molecule has 0 saturated heterocycles. The third-order valence-corrected chi connectivity index (χ3v) is 4.96. The van der Waals surface area contributed by atoms with Crippen molar-refractivity contribution in [3.8, 4) is 0 Å². The Hall–Kier alpha value is -2.43. The number of amides is 1. The number of nitrogens with one attached hydrogen (secondary N) is 1. The van der Waals surface area contributed by atoms with Crippen LogP contribution in [0.2, 0.25) is 0 Å². The molecular formula is C19H22N2O3. The Morgan fingerprint density at radius 2 is 1.88 bits per heavy atom. The summed E-state index contributed by atoms with van der Waals surface area (Å²) in [5.41, 5.74) is 0.879. The second kappa shape index (κ2) is 6.99. The molecule has 1 amide bonds. The van der Waals surface area contributed by atoms with Gasteiger partial charge in [0.05, 0.1) is 17.4 Å². The standard InChI is InChI=1S/C19H22N2O3/c22-16(21-13-19(18(23)24)9-2-1-3-10-19)12-15-7-4-6-14-8-5-11-20-17(14)15/h4-8,11H,1-3,9-10,12-13H2,(H,21,22)(H,23,24). The molecule has 1 aliphatic rings. The van der Waals surface area contributed by atoms with Crippen LogP contribution < -0.4 is 5.32 Å². The number of fused-ring (bicyclic) bond motifs is 1. The molecule has 0 radical (unpaired) electrons. The summed E-state index contributed by atoms with van der Waals surface area (Å²) in [6.07, 6.45) is 6.10. The molecule has 3 rings (SSSR count). The van der Waals surface area contributed by atoms with Gasteiger partial charge in [0.2, 0.25) is 5.91 Å². The van der Waals surface area contributed by atoms with Crippen LogP contribution in [-0.2, 0) is 16.0 Å². The summed E-state index contributed by atoms with van der Waals surface area (Å²) in [5.74, 6) is -0.950. The van der Waals surface area contributed by atoms with E-state index in [2.05, 4.69) is 10.3 Å². The normalized spacial score (nSPS) is 16.7. The summed E-state index contributed by atoms with van der Waals surface area (Å²) in [7, 11) is 0. The SMILES string of the molecule is O=C(Cc1cccc2cccnc12)NCC1(C(=O)O)CCCCC1. The molecule has 0 unspecified atom stereocenters. The van der Waals surface area contributed by atoms with Crippen LogP contribution in [0.15, 0.2) is 36.5 Å². The maximum Gasteiger partial charge on any atom is 0.311 e. The van der Waals surface area contributed by atoms with Crippen molar-refractivity contribution in [3.05, 3.63) is 42.1 Å². The highest BCUT2D eigenvalue weighted by atomic mass is 16.4. The second-order valence-electron chi connectivity index (χ2n) is 6.59. The molecule has 0 bridgehead atoms. The van der Waals surface area contributed by atoms with Crippen molar-refractivity contribution in [2.75, 3.05) is 6.54 Å². The first-order chi connectivity index (χ1) is 11.6. The molecule has 0 atom stereocenters. The molecule has 5 nitrogen and oxygen atoms in total. The number of hydrogen-bond acceptors (Lipinski definition) is 3. The zero-order valence-corrected chi connectivity index (χ0v) is 13.6. The van der Waals surface area contributed by atoms with Crippen LogP contribution in [0, 0.1) is 5.41 Å². The Labute approximate surface area is 141 Å². The Bertz CT molecular complexity index is 746. The lowest BCUT2D eigenvalue weighted by Crippen LogP contribution is -2.44. The fourth-order valence-corrected chi connectivity index (χ4v) is 3.51. The maximum absolute atomic E-state index is 12.3. The Morgan fingerprint density at radius 3 is 2.62 bits per heavy atom. The number of benzene rings is 1. The largest absolute Gasteiger partial charge is 0.481 e. The number of aromatic nitrogens is 1. The van der Waals surface area contributed by atoms with Crippen molar-refractivity contribution < 1.29 is 14.7 Å². The van der Waals surface area contributed by atoms with Crippen molar-refractivity contribution >= 4 is 22.8 Å². The van der Waals surface area contributed by atoms with Crippen LogP contribution in [0.4, 0.5) is 0 Å². The molecule has 2 aromatic rings. The van der Waals surface area contributed by atoms with E-state index >= 15 is 0 Å². The molecule has 1 fully saturated rings. The average Bonchev–Trinajstić information content (AvgIpc) is 2.61. The van der Waals surface area contributed by atoms with Gasteiger partial charge < -0.3 is 10.4 Å². The number of pyridine rings is 1. The highest BCUT2D eigenvalue weighted by molar-refractivity contribution is 5.88. The van der Waals surface area contributed by atoms with Gasteiger partial charge in [-0.15, -0.1) is 0 Å². The predicted octanol–water partition coefficient (Wildman–Crippen LogP) is 2.93. The minimum atomic E-state index is -0.801. The number of rotatable bonds is 5. The zero-order valence-electron chi connectivity index (χ0n) is 13.6. The van der Waals surface area contributed by atoms with Gasteiger partial charge in [-0.2, -0.15) is 0 Å². The van der Waals surface area contributed by atoms with E-state index in [1.807, 2.05) is 30.3 Å². The molecule has 5 heteroatoms. The molecule has 0 aliphatic heterocycles. The summed E-state index contributed by atoms with van der Waals surface area (Å²) < 4.78 is 0. The van der Waals surface area contributed by atoms with E-state index in [1.54, 1.807) is 6.20 Å². The quantitative estimate of drug-likeness (QED) is 0.885. The van der Waals surface area contributed by atoms with Gasteiger partial charge in [0.25, 0.3) is 0 Å². The number of carbonyl (C=O) groups is 2. The van der Waals surface area contributed by atoms with E-state index in [1.165, 1.54) is 0 Å². The van der Waals surface area contributed by atoms with Gasteiger partial charge >= 0.3 is 5.97 Å². The number of carbonyl (C=O) groups excluding carboxylic acids is 1. The lowest BCUT2D eigenvalue weighted by molar-refractivity contribution is -0.151. The van der Waals surface area contributed by atoms with Gasteiger partial charge in [0.15, 0.2) is 0 Å². The van der Waals surface area contributed by atoms with Crippen LogP contribution >= 0.6 is 0 Å². The molecule has 24 heavy (non-hydrogen) atoms. The second-order valence-corrected chi connectivity index (χ2v) is 6.59. The summed E-state index contributed by atoms with van der Waals surface area (Å²) in [6.45, 7) is 0.208. The van der Waals surface area contributed by atoms with Crippen molar-refractivity contribution in [3.63, 3.8) is 0 Å². The minimum Gasteiger partial charge on any atom is -0.481 e. The first-order valence-electron chi connectivity index (χ1n) is 8.43. The van der Waals surface area contributed by atoms with Crippen LogP contribution in [0.5, 0.6) is 0 Å². The molecule has 1 saturated carbocycles. The molecule has 0 spiro atoms. The van der Waals surface area contributed by atoms with Gasteiger partial charge in [-0.25, -0.2) is 0 Å². The van der Waals surface area contributed by atoms with E-state index in [-0.39, 0.29) is 18.9 Å². The van der Waals surface area contributed by atoms with Gasteiger partial charge in [-0.05, 0) is 24.5 Å². The van der Waals surface area contributed by atoms with Crippen molar-refractivity contribution in [1.29, 1.82) is 0 Å². The highest BCUT2D eigenvalue weighted by Gasteiger charge is 2.39. The van der Waals surface area contributed by atoms with Crippen molar-refractivity contribution in [2.45, 2.75) is 38.5 Å². The number of carboxylic acids is 1. The fourth-order valence-electron chi connectivity index (χ4n) is 3.51. The van der Waals surface area contributed by atoms with E-state index in [0.29, 0.717) is 12.8 Å². The number of aliphatic carboxylic acids is 1. The van der Waals surface area contributed by atoms with E-state index in [9.17, 15) is 14.7 Å². The van der Waals surface area contributed by atoms with E-state index < -0.39 is 11.4 Å². The first-order valence-corrected chi connectivity index (χ1v) is 8.43. The summed E-state index contributed by atoms with van der Waals surface area (Å²) in [5, 5.41) is 13.4. The Kier molecular flexibility index (Phi) is 4.79. The number of nitrogens with zero attached hydrogens (tertiary/aromatic N) is 1. The molecule has 1 heterocycles. The van der Waals surface area contributed by atoms with Crippen LogP contribution in [0.1, 0.15) is 37.7 Å². The maximum atomic E-state index is 12.3. The van der Waals surface area contributed by atoms with Crippen LogP contribution in [0.3, 0.4) is 0 Å². The molecular weight excluding hydrogens is 304 g/mol. The monoisotopic (exact) mass is 326 g/mol. The summed E-state index contributed by atoms with van der Waals surface area (Å²) in [6, 6.07) is 9.59. The topological polar surface area (TPSA) is 79.3 Å². The van der Waals surface area contributed by atoms with E-state index in [0.717, 1.165) is 35.7 Å². The van der Waals surface area contributed by atoms with Gasteiger partial charge in [-0.3, -0.25) is 14.6 Å². The third-order valence-electron chi connectivity index (χ3n) is 4.96. The molecule has 2 N–H and O–H groups in total. The van der Waals surface area contributed by atoms with Crippen molar-refractivity contribution in [1.82, 2.24) is 10.3 Å². The first kappa shape index (κ1) is 16.4.